The molecule has 1 atom stereocenters. The number of hydrogen-bond donors (Lipinski definition) is 0. The van der Waals surface area contributed by atoms with E-state index in [9.17, 15) is 0 Å². The first-order chi connectivity index (χ1) is 10.5. The molecule has 2 aromatic rings. The molecule has 2 aromatic carbocycles. The Balaban J connectivity index is 0.00000192. The normalized spacial score (nSPS) is 18.9. The van der Waals surface area contributed by atoms with Gasteiger partial charge in [-0.15, -0.1) is 0 Å². The first-order valence-corrected chi connectivity index (χ1v) is 8.55. The van der Waals surface area contributed by atoms with Crippen molar-refractivity contribution in [3.63, 3.8) is 0 Å². The molecule has 1 aliphatic carbocycles. The Morgan fingerprint density at radius 1 is 0.720 bits per heavy atom. The molecule has 4 heteroatoms. The van der Waals surface area contributed by atoms with Gasteiger partial charge in [-0.1, -0.05) is 0 Å². The quantitative estimate of drug-likeness (QED) is 0.454. The smallest absolute Gasteiger partial charge is 1.00 e. The van der Waals surface area contributed by atoms with E-state index in [1.54, 1.807) is 0 Å². The molecule has 0 saturated carbocycles. The van der Waals surface area contributed by atoms with Gasteiger partial charge in [-0.05, 0) is 0 Å². The molecule has 0 aliphatic heterocycles. The van der Waals surface area contributed by atoms with Gasteiger partial charge in [0.05, 0.1) is 0 Å². The van der Waals surface area contributed by atoms with Gasteiger partial charge in [0, 0.05) is 0 Å². The van der Waals surface area contributed by atoms with Crippen molar-refractivity contribution < 1.29 is 57.7 Å². The molecule has 0 N–H and O–H groups in total. The van der Waals surface area contributed by atoms with E-state index in [1.165, 1.54) is 27.8 Å². The third kappa shape index (κ3) is 4.62. The van der Waals surface area contributed by atoms with Crippen molar-refractivity contribution in [2.45, 2.75) is 30.4 Å². The van der Waals surface area contributed by atoms with Crippen molar-refractivity contribution >= 4 is 0 Å². The third-order valence-corrected chi connectivity index (χ3v) is 6.20. The molecule has 0 saturated heterocycles. The van der Waals surface area contributed by atoms with Crippen molar-refractivity contribution in [3.8, 4) is 0 Å². The monoisotopic (exact) mass is 426 g/mol. The first kappa shape index (κ1) is 24.5. The van der Waals surface area contributed by atoms with Crippen molar-refractivity contribution in [1.82, 2.24) is 0 Å². The van der Waals surface area contributed by atoms with E-state index >= 15 is 0 Å². The Bertz CT molecular complexity index is 699. The molecule has 0 bridgehead atoms. The molecule has 0 fully saturated rings. The minimum absolute atomic E-state index is 0. The Morgan fingerprint density at radius 3 is 1.44 bits per heavy atom. The molecule has 1 aliphatic rings. The summed E-state index contributed by atoms with van der Waals surface area (Å²) >= 11 is 2.38. The van der Waals surface area contributed by atoms with Crippen LogP contribution in [0.1, 0.15) is 37.8 Å². The summed E-state index contributed by atoms with van der Waals surface area (Å²) in [6.07, 6.45) is 2.46. The number of benzene rings is 2. The minimum Gasteiger partial charge on any atom is -1.00 e. The first-order valence-electron chi connectivity index (χ1n) is 7.76. The fourth-order valence-electron chi connectivity index (χ4n) is 3.47. The maximum absolute atomic E-state index is 2.46. The summed E-state index contributed by atoms with van der Waals surface area (Å²) in [6, 6.07) is 21.8. The van der Waals surface area contributed by atoms with E-state index < -0.39 is 0 Å². The Kier molecular flexibility index (Phi) is 9.80. The van der Waals surface area contributed by atoms with Gasteiger partial charge in [0.25, 0.3) is 0 Å². The van der Waals surface area contributed by atoms with Crippen molar-refractivity contribution in [2.24, 2.45) is 0 Å². The van der Waals surface area contributed by atoms with Crippen molar-refractivity contribution in [2.75, 3.05) is 0 Å². The largest absolute Gasteiger partial charge is 1.00 e. The van der Waals surface area contributed by atoms with E-state index in [0.29, 0.717) is 5.92 Å². The number of allylic oxidation sites excluding steroid dienone is 4. The zero-order valence-electron chi connectivity index (χ0n) is 14.6. The van der Waals surface area contributed by atoms with Gasteiger partial charge in [-0.3, -0.25) is 0 Å². The van der Waals surface area contributed by atoms with Crippen LogP contribution in [0.2, 0.25) is 3.72 Å². The molecule has 25 heavy (non-hydrogen) atoms. The predicted molar refractivity (Wildman–Crippen MR) is 89.6 cm³/mol. The van der Waals surface area contributed by atoms with Crippen LogP contribution in [0.25, 0.3) is 0 Å². The van der Waals surface area contributed by atoms with Crippen LogP contribution in [0.4, 0.5) is 0 Å². The molecular weight excluding hydrogens is 406 g/mol. The third-order valence-electron chi connectivity index (χ3n) is 4.94. The molecule has 0 amide bonds. The van der Waals surface area contributed by atoms with Crippen LogP contribution in [0.3, 0.4) is 0 Å². The Labute approximate surface area is 181 Å². The second-order valence-corrected chi connectivity index (χ2v) is 7.49. The Hall–Kier alpha value is -0.496. The molecule has 0 nitrogen and oxygen atoms in total. The molecule has 0 radical (unpaired) electrons. The van der Waals surface area contributed by atoms with Crippen LogP contribution < -0.4 is 37.2 Å². The van der Waals surface area contributed by atoms with Crippen LogP contribution in [-0.2, 0) is 20.4 Å². The van der Waals surface area contributed by atoms with E-state index in [1.807, 2.05) is 0 Å². The molecule has 0 aromatic heterocycles. The summed E-state index contributed by atoms with van der Waals surface area (Å²) in [7, 11) is 0. The molecule has 1 unspecified atom stereocenters. The SMILES string of the molecule is CC1=C[C]([Ti+3])(C(c2ccccc2)c2ccccc2)C(C)=C1C.[Cl-].[Cl-].[Cl-]. The number of halogens is 3. The van der Waals surface area contributed by atoms with Crippen LogP contribution in [0.15, 0.2) is 83.5 Å². The maximum Gasteiger partial charge on any atom is -1.00 e. The Morgan fingerprint density at radius 2 is 1.12 bits per heavy atom. The second kappa shape index (κ2) is 10.00. The van der Waals surface area contributed by atoms with Crippen LogP contribution >= 0.6 is 0 Å². The van der Waals surface area contributed by atoms with Gasteiger partial charge in [-0.25, -0.2) is 0 Å². The van der Waals surface area contributed by atoms with Gasteiger partial charge in [0.2, 0.25) is 0 Å². The standard InChI is InChI=1S/C21H21.3ClH.Ti/c1-15-14-20(17(3)16(15)2)21(18-10-6-4-7-11-18)19-12-8-5-9-13-19;;;;/h4-14,21H,1-3H3;3*1H;/q;;;;+3/p-3. The molecule has 0 spiro atoms. The fraction of sp³-hybridized carbons (Fsp3) is 0.238. The topological polar surface area (TPSA) is 0 Å². The molecule has 3 rings (SSSR count). The molecule has 130 valence electrons. The van der Waals surface area contributed by atoms with Gasteiger partial charge < -0.3 is 37.2 Å². The summed E-state index contributed by atoms with van der Waals surface area (Å²) < 4.78 is 0.0386. The summed E-state index contributed by atoms with van der Waals surface area (Å²) in [5.41, 5.74) is 7.11. The fourth-order valence-corrected chi connectivity index (χ4v) is 4.62. The maximum atomic E-state index is 2.46. The zero-order valence-corrected chi connectivity index (χ0v) is 18.4. The second-order valence-electron chi connectivity index (χ2n) is 6.20. The van der Waals surface area contributed by atoms with Crippen molar-refractivity contribution in [3.05, 3.63) is 94.6 Å². The van der Waals surface area contributed by atoms with E-state index in [0.717, 1.165) is 0 Å². The zero-order chi connectivity index (χ0) is 15.7. The van der Waals surface area contributed by atoms with Gasteiger partial charge >= 0.3 is 145 Å². The van der Waals surface area contributed by atoms with Crippen molar-refractivity contribution in [1.29, 1.82) is 0 Å². The van der Waals surface area contributed by atoms with Crippen LogP contribution in [0.5, 0.6) is 0 Å². The predicted octanol–water partition coefficient (Wildman–Crippen LogP) is -3.17. The number of rotatable bonds is 3. The average Bonchev–Trinajstić information content (AvgIpc) is 2.73. The van der Waals surface area contributed by atoms with Gasteiger partial charge in [0.1, 0.15) is 0 Å². The van der Waals surface area contributed by atoms with E-state index in [4.69, 9.17) is 0 Å². The summed E-state index contributed by atoms with van der Waals surface area (Å²) in [5, 5.41) is 0. The average molecular weight is 428 g/mol. The van der Waals surface area contributed by atoms with Crippen LogP contribution in [0, 0.1) is 0 Å². The van der Waals surface area contributed by atoms with Crippen LogP contribution in [-0.4, -0.2) is 0 Å². The van der Waals surface area contributed by atoms with Gasteiger partial charge in [-0.2, -0.15) is 0 Å². The number of hydrogen-bond acceptors (Lipinski definition) is 0. The summed E-state index contributed by atoms with van der Waals surface area (Å²) in [6.45, 7) is 6.78. The molecular formula is C21H21Cl3Ti. The van der Waals surface area contributed by atoms with E-state index in [2.05, 4.69) is 108 Å². The summed E-state index contributed by atoms with van der Waals surface area (Å²) in [4.78, 5) is 0. The summed E-state index contributed by atoms with van der Waals surface area (Å²) in [5.74, 6) is 0.349. The minimum atomic E-state index is 0. The molecule has 0 heterocycles. The van der Waals surface area contributed by atoms with Gasteiger partial charge in [0.15, 0.2) is 0 Å². The van der Waals surface area contributed by atoms with E-state index in [-0.39, 0.29) is 40.9 Å².